The maximum absolute atomic E-state index is 12.4. The van der Waals surface area contributed by atoms with E-state index in [2.05, 4.69) is 53.4 Å². The number of benzene rings is 1. The molecule has 2 rings (SSSR count). The summed E-state index contributed by atoms with van der Waals surface area (Å²) in [7, 11) is 1.71. The molecule has 0 saturated carbocycles. The number of hydrogen-bond acceptors (Lipinski definition) is 3. The minimum Gasteiger partial charge on any atom is -0.368 e. The molecule has 1 heterocycles. The molecule has 2 N–H and O–H groups in total. The largest absolute Gasteiger partial charge is 0.368 e. The van der Waals surface area contributed by atoms with Gasteiger partial charge in [0, 0.05) is 44.5 Å². The SMILES string of the molecule is CN=C(NCC(=O)N1CCN(c2ccccc2)CC1)NC(C)(C)C. The molecule has 0 bridgehead atoms. The fraction of sp³-hybridized carbons (Fsp3) is 0.556. The maximum atomic E-state index is 12.4. The molecule has 1 aromatic rings. The van der Waals surface area contributed by atoms with E-state index >= 15 is 0 Å². The van der Waals surface area contributed by atoms with Crippen LogP contribution in [0.15, 0.2) is 35.3 Å². The molecule has 0 spiro atoms. The molecule has 132 valence electrons. The van der Waals surface area contributed by atoms with Gasteiger partial charge in [0.15, 0.2) is 5.96 Å². The van der Waals surface area contributed by atoms with Crippen molar-refractivity contribution in [1.29, 1.82) is 0 Å². The maximum Gasteiger partial charge on any atom is 0.242 e. The van der Waals surface area contributed by atoms with Gasteiger partial charge in [-0.25, -0.2) is 0 Å². The molecule has 0 atom stereocenters. The number of anilines is 1. The first-order chi connectivity index (χ1) is 11.4. The van der Waals surface area contributed by atoms with E-state index in [1.54, 1.807) is 7.05 Å². The van der Waals surface area contributed by atoms with E-state index in [1.165, 1.54) is 5.69 Å². The van der Waals surface area contributed by atoms with Crippen LogP contribution in [0.3, 0.4) is 0 Å². The van der Waals surface area contributed by atoms with Crippen molar-refractivity contribution in [1.82, 2.24) is 15.5 Å². The molecule has 0 unspecified atom stereocenters. The lowest BCUT2D eigenvalue weighted by atomic mass is 10.1. The van der Waals surface area contributed by atoms with Gasteiger partial charge < -0.3 is 20.4 Å². The van der Waals surface area contributed by atoms with Gasteiger partial charge in [0.25, 0.3) is 0 Å². The third kappa shape index (κ3) is 5.44. The highest BCUT2D eigenvalue weighted by atomic mass is 16.2. The first kappa shape index (κ1) is 18.1. The Bertz CT molecular complexity index is 557. The van der Waals surface area contributed by atoms with Gasteiger partial charge in [-0.1, -0.05) is 18.2 Å². The van der Waals surface area contributed by atoms with E-state index < -0.39 is 0 Å². The molecule has 6 nitrogen and oxygen atoms in total. The zero-order chi connectivity index (χ0) is 17.6. The standard InChI is InChI=1S/C18H29N5O/c1-18(2,3)21-17(19-4)20-14-16(24)23-12-10-22(11-13-23)15-8-6-5-7-9-15/h5-9H,10-14H2,1-4H3,(H2,19,20,21). The topological polar surface area (TPSA) is 60.0 Å². The molecule has 1 aliphatic heterocycles. The Kier molecular flexibility index (Phi) is 6.06. The zero-order valence-electron chi connectivity index (χ0n) is 15.2. The van der Waals surface area contributed by atoms with Crippen molar-refractivity contribution in [2.45, 2.75) is 26.3 Å². The number of nitrogens with one attached hydrogen (secondary N) is 2. The molecule has 1 amide bonds. The van der Waals surface area contributed by atoms with Crippen LogP contribution in [0.5, 0.6) is 0 Å². The summed E-state index contributed by atoms with van der Waals surface area (Å²) in [5.74, 6) is 0.762. The van der Waals surface area contributed by atoms with Gasteiger partial charge in [-0.3, -0.25) is 9.79 Å². The van der Waals surface area contributed by atoms with Gasteiger partial charge in [-0.05, 0) is 32.9 Å². The lowest BCUT2D eigenvalue weighted by Crippen LogP contribution is -2.53. The minimum absolute atomic E-state index is 0.0911. The first-order valence-corrected chi connectivity index (χ1v) is 8.45. The summed E-state index contributed by atoms with van der Waals surface area (Å²) in [6.07, 6.45) is 0. The highest BCUT2D eigenvalue weighted by Crippen LogP contribution is 2.15. The van der Waals surface area contributed by atoms with Crippen LogP contribution in [0, 0.1) is 0 Å². The van der Waals surface area contributed by atoms with Gasteiger partial charge in [0.1, 0.15) is 0 Å². The quantitative estimate of drug-likeness (QED) is 0.647. The summed E-state index contributed by atoms with van der Waals surface area (Å²) in [5, 5.41) is 6.35. The van der Waals surface area contributed by atoms with Crippen molar-refractivity contribution >= 4 is 17.6 Å². The minimum atomic E-state index is -0.0911. The number of piperazine rings is 1. The predicted molar refractivity (Wildman–Crippen MR) is 99.5 cm³/mol. The molecule has 24 heavy (non-hydrogen) atoms. The Morgan fingerprint density at radius 2 is 1.75 bits per heavy atom. The molecule has 1 aromatic carbocycles. The third-order valence-electron chi connectivity index (χ3n) is 3.88. The summed E-state index contributed by atoms with van der Waals surface area (Å²) >= 11 is 0. The van der Waals surface area contributed by atoms with E-state index in [0.29, 0.717) is 5.96 Å². The van der Waals surface area contributed by atoms with Gasteiger partial charge in [-0.2, -0.15) is 0 Å². The fourth-order valence-electron chi connectivity index (χ4n) is 2.66. The number of rotatable bonds is 3. The first-order valence-electron chi connectivity index (χ1n) is 8.45. The van der Waals surface area contributed by atoms with E-state index in [4.69, 9.17) is 0 Å². The van der Waals surface area contributed by atoms with Crippen molar-refractivity contribution in [3.8, 4) is 0 Å². The molecule has 6 heteroatoms. The average Bonchev–Trinajstić information content (AvgIpc) is 2.58. The zero-order valence-corrected chi connectivity index (χ0v) is 15.2. The van der Waals surface area contributed by atoms with Crippen LogP contribution in [-0.4, -0.2) is 62.1 Å². The van der Waals surface area contributed by atoms with Crippen molar-refractivity contribution in [3.05, 3.63) is 30.3 Å². The van der Waals surface area contributed by atoms with E-state index in [1.807, 2.05) is 23.1 Å². The van der Waals surface area contributed by atoms with Crippen LogP contribution in [0.25, 0.3) is 0 Å². The molecule has 0 aromatic heterocycles. The summed E-state index contributed by atoms with van der Waals surface area (Å²) in [6.45, 7) is 9.68. The lowest BCUT2D eigenvalue weighted by molar-refractivity contribution is -0.130. The Labute approximate surface area is 144 Å². The number of nitrogens with zero attached hydrogens (tertiary/aromatic N) is 3. The number of amides is 1. The molecule has 1 saturated heterocycles. The number of carbonyl (C=O) groups is 1. The van der Waals surface area contributed by atoms with Crippen molar-refractivity contribution < 1.29 is 4.79 Å². The second-order valence-electron chi connectivity index (χ2n) is 7.00. The highest BCUT2D eigenvalue weighted by molar-refractivity contribution is 5.86. The lowest BCUT2D eigenvalue weighted by Gasteiger charge is -2.36. The van der Waals surface area contributed by atoms with E-state index in [-0.39, 0.29) is 18.0 Å². The van der Waals surface area contributed by atoms with Crippen LogP contribution >= 0.6 is 0 Å². The monoisotopic (exact) mass is 331 g/mol. The summed E-state index contributed by atoms with van der Waals surface area (Å²) < 4.78 is 0. The molecular weight excluding hydrogens is 302 g/mol. The molecular formula is C18H29N5O. The van der Waals surface area contributed by atoms with Gasteiger partial charge in [0.2, 0.25) is 5.91 Å². The number of aliphatic imine (C=N–C) groups is 1. The fourth-order valence-corrected chi connectivity index (χ4v) is 2.66. The number of para-hydroxylation sites is 1. The second kappa shape index (κ2) is 8.04. The molecule has 0 aliphatic carbocycles. The smallest absolute Gasteiger partial charge is 0.242 e. The molecule has 1 aliphatic rings. The van der Waals surface area contributed by atoms with Gasteiger partial charge in [0.05, 0.1) is 6.54 Å². The second-order valence-corrected chi connectivity index (χ2v) is 7.00. The van der Waals surface area contributed by atoms with Crippen LogP contribution in [0.2, 0.25) is 0 Å². The van der Waals surface area contributed by atoms with Crippen molar-refractivity contribution in [3.63, 3.8) is 0 Å². The van der Waals surface area contributed by atoms with Gasteiger partial charge in [-0.15, -0.1) is 0 Å². The van der Waals surface area contributed by atoms with Crippen LogP contribution < -0.4 is 15.5 Å². The highest BCUT2D eigenvalue weighted by Gasteiger charge is 2.21. The summed E-state index contributed by atoms with van der Waals surface area (Å²) in [4.78, 5) is 20.8. The Morgan fingerprint density at radius 3 is 2.29 bits per heavy atom. The number of guanidine groups is 1. The molecule has 0 radical (unpaired) electrons. The van der Waals surface area contributed by atoms with Crippen LogP contribution in [0.4, 0.5) is 5.69 Å². The predicted octanol–water partition coefficient (Wildman–Crippen LogP) is 1.30. The number of carbonyl (C=O) groups excluding carboxylic acids is 1. The van der Waals surface area contributed by atoms with Crippen molar-refractivity contribution in [2.24, 2.45) is 4.99 Å². The average molecular weight is 331 g/mol. The van der Waals surface area contributed by atoms with E-state index in [9.17, 15) is 4.79 Å². The van der Waals surface area contributed by atoms with Crippen molar-refractivity contribution in [2.75, 3.05) is 44.7 Å². The van der Waals surface area contributed by atoms with E-state index in [0.717, 1.165) is 26.2 Å². The Morgan fingerprint density at radius 1 is 1.12 bits per heavy atom. The normalized spacial score (nSPS) is 16.1. The summed E-state index contributed by atoms with van der Waals surface area (Å²) in [6, 6.07) is 10.3. The number of hydrogen-bond donors (Lipinski definition) is 2. The Balaban J connectivity index is 1.78. The molecule has 1 fully saturated rings. The third-order valence-corrected chi connectivity index (χ3v) is 3.88. The summed E-state index contributed by atoms with van der Waals surface area (Å²) in [5.41, 5.74) is 1.13. The van der Waals surface area contributed by atoms with Crippen LogP contribution in [-0.2, 0) is 4.79 Å². The Hall–Kier alpha value is -2.24. The van der Waals surface area contributed by atoms with Crippen LogP contribution in [0.1, 0.15) is 20.8 Å². The van der Waals surface area contributed by atoms with Gasteiger partial charge >= 0.3 is 0 Å².